The third-order valence-corrected chi connectivity index (χ3v) is 4.68. The molecule has 0 aliphatic rings. The number of halogens is 6. The number of aliphatic hydroxyl groups is 2. The summed E-state index contributed by atoms with van der Waals surface area (Å²) in [7, 11) is 0. The lowest BCUT2D eigenvalue weighted by molar-refractivity contribution is -0.230. The second-order valence-corrected chi connectivity index (χ2v) is 6.97. The molecule has 1 aromatic rings. The molecule has 0 saturated heterocycles. The summed E-state index contributed by atoms with van der Waals surface area (Å²) in [5, 5.41) is 27.8. The molecule has 1 rings (SSSR count). The monoisotopic (exact) mass is 413 g/mol. The predicted molar refractivity (Wildman–Crippen MR) is 89.8 cm³/mol. The van der Waals surface area contributed by atoms with Crippen LogP contribution in [0.3, 0.4) is 0 Å². The van der Waals surface area contributed by atoms with Gasteiger partial charge in [0.2, 0.25) is 0 Å². The minimum Gasteiger partial charge on any atom is -0.393 e. The van der Waals surface area contributed by atoms with Crippen LogP contribution in [0.15, 0.2) is 24.3 Å². The summed E-state index contributed by atoms with van der Waals surface area (Å²) in [5.74, 6) is -0.610. The van der Waals surface area contributed by atoms with E-state index in [1.54, 1.807) is 0 Å². The maximum Gasteiger partial charge on any atom is 0.421 e. The van der Waals surface area contributed by atoms with Crippen molar-refractivity contribution in [3.8, 4) is 6.07 Å². The highest BCUT2D eigenvalue weighted by Crippen LogP contribution is 2.36. The molecule has 0 fully saturated rings. The van der Waals surface area contributed by atoms with Gasteiger partial charge in [0.25, 0.3) is 0 Å². The molecule has 2 N–H and O–H groups in total. The Balaban J connectivity index is 3.08. The van der Waals surface area contributed by atoms with Crippen LogP contribution in [0.25, 0.3) is 6.08 Å². The molecule has 2 atom stereocenters. The highest BCUT2D eigenvalue weighted by molar-refractivity contribution is 7.99. The molecule has 0 aliphatic heterocycles. The van der Waals surface area contributed by atoms with E-state index in [0.29, 0.717) is 12.1 Å². The van der Waals surface area contributed by atoms with Gasteiger partial charge in [0.1, 0.15) is 0 Å². The number of benzene rings is 1. The van der Waals surface area contributed by atoms with Crippen molar-refractivity contribution < 1.29 is 36.6 Å². The van der Waals surface area contributed by atoms with Gasteiger partial charge in [0.15, 0.2) is 5.60 Å². The SMILES string of the molecule is CC(O)CCSCC(O)(/C=C/c1ccc(C#N)c(C(F)(F)F)c1)C(F)(F)F. The molecule has 0 aromatic heterocycles. The summed E-state index contributed by atoms with van der Waals surface area (Å²) in [5.41, 5.74) is -5.41. The third-order valence-electron chi connectivity index (χ3n) is 3.51. The summed E-state index contributed by atoms with van der Waals surface area (Å²) in [6, 6.07) is 3.83. The van der Waals surface area contributed by atoms with Gasteiger partial charge >= 0.3 is 12.4 Å². The van der Waals surface area contributed by atoms with Crippen molar-refractivity contribution in [1.29, 1.82) is 5.26 Å². The Morgan fingerprint density at radius 2 is 1.85 bits per heavy atom. The highest BCUT2D eigenvalue weighted by atomic mass is 32.2. The topological polar surface area (TPSA) is 64.2 Å². The summed E-state index contributed by atoms with van der Waals surface area (Å²) >= 11 is 0.760. The number of aliphatic hydroxyl groups excluding tert-OH is 1. The summed E-state index contributed by atoms with van der Waals surface area (Å²) < 4.78 is 78.3. The Hall–Kier alpha value is -1.70. The van der Waals surface area contributed by atoms with Gasteiger partial charge in [-0.1, -0.05) is 12.1 Å². The first kappa shape index (κ1) is 23.3. The highest BCUT2D eigenvalue weighted by Gasteiger charge is 2.51. The standard InChI is InChI=1S/C17H17F6NO2S/c1-11(25)5-7-27-10-15(26,17(21,22)23)6-4-12-2-3-13(9-24)14(8-12)16(18,19)20/h2-4,6,8,11,25-26H,5,7,10H2,1H3/b6-4+. The Kier molecular flexibility index (Phi) is 7.77. The zero-order valence-electron chi connectivity index (χ0n) is 14.1. The van der Waals surface area contributed by atoms with Crippen molar-refractivity contribution in [2.45, 2.75) is 37.4 Å². The number of hydrogen-bond acceptors (Lipinski definition) is 4. The first-order chi connectivity index (χ1) is 12.3. The molecule has 0 heterocycles. The fourth-order valence-electron chi connectivity index (χ4n) is 1.94. The molecule has 10 heteroatoms. The van der Waals surface area contributed by atoms with Gasteiger partial charge < -0.3 is 10.2 Å². The largest absolute Gasteiger partial charge is 0.421 e. The van der Waals surface area contributed by atoms with Crippen LogP contribution in [0.2, 0.25) is 0 Å². The quantitative estimate of drug-likeness (QED) is 0.514. The third kappa shape index (κ3) is 6.75. The average molecular weight is 413 g/mol. The van der Waals surface area contributed by atoms with E-state index in [-0.39, 0.29) is 17.7 Å². The van der Waals surface area contributed by atoms with Crippen LogP contribution in [0.5, 0.6) is 0 Å². The Morgan fingerprint density at radius 3 is 2.33 bits per heavy atom. The second kappa shape index (κ2) is 8.99. The van der Waals surface area contributed by atoms with E-state index in [1.807, 2.05) is 0 Å². The molecule has 0 amide bonds. The molecular weight excluding hydrogens is 396 g/mol. The van der Waals surface area contributed by atoms with Crippen molar-refractivity contribution in [2.75, 3.05) is 11.5 Å². The number of nitrogens with zero attached hydrogens (tertiary/aromatic N) is 1. The molecule has 0 bridgehead atoms. The molecule has 0 saturated carbocycles. The molecule has 0 spiro atoms. The van der Waals surface area contributed by atoms with Gasteiger partial charge in [-0.3, -0.25) is 0 Å². The van der Waals surface area contributed by atoms with Gasteiger partial charge in [-0.15, -0.1) is 0 Å². The van der Waals surface area contributed by atoms with Gasteiger partial charge in [-0.05, 0) is 42.9 Å². The van der Waals surface area contributed by atoms with Crippen LogP contribution >= 0.6 is 11.8 Å². The van der Waals surface area contributed by atoms with E-state index in [4.69, 9.17) is 10.4 Å². The number of hydrogen-bond donors (Lipinski definition) is 2. The van der Waals surface area contributed by atoms with Crippen LogP contribution < -0.4 is 0 Å². The van der Waals surface area contributed by atoms with Crippen molar-refractivity contribution in [3.05, 3.63) is 41.0 Å². The number of alkyl halides is 6. The maximum atomic E-state index is 13.2. The van der Waals surface area contributed by atoms with Crippen LogP contribution in [-0.2, 0) is 6.18 Å². The first-order valence-corrected chi connectivity index (χ1v) is 8.81. The Morgan fingerprint density at radius 1 is 1.22 bits per heavy atom. The Labute approximate surface area is 156 Å². The fourth-order valence-corrected chi connectivity index (χ4v) is 3.16. The second-order valence-electron chi connectivity index (χ2n) is 5.86. The number of thioether (sulfide) groups is 1. The van der Waals surface area contributed by atoms with E-state index in [1.165, 1.54) is 13.0 Å². The lowest BCUT2D eigenvalue weighted by atomic mass is 10.0. The summed E-state index contributed by atoms with van der Waals surface area (Å²) in [6.45, 7) is 1.47. The van der Waals surface area contributed by atoms with Crippen LogP contribution in [0.4, 0.5) is 26.3 Å². The van der Waals surface area contributed by atoms with E-state index in [9.17, 15) is 31.4 Å². The number of rotatable bonds is 7. The molecule has 150 valence electrons. The zero-order chi connectivity index (χ0) is 20.9. The van der Waals surface area contributed by atoms with Gasteiger partial charge in [0, 0.05) is 5.75 Å². The van der Waals surface area contributed by atoms with Crippen molar-refractivity contribution in [1.82, 2.24) is 0 Å². The van der Waals surface area contributed by atoms with E-state index in [0.717, 1.165) is 30.0 Å². The molecule has 0 radical (unpaired) electrons. The average Bonchev–Trinajstić information content (AvgIpc) is 2.54. The molecule has 3 nitrogen and oxygen atoms in total. The fraction of sp³-hybridized carbons (Fsp3) is 0.471. The minimum atomic E-state index is -5.04. The normalized spacial score (nSPS) is 16.1. The number of nitriles is 1. The smallest absolute Gasteiger partial charge is 0.393 e. The van der Waals surface area contributed by atoms with Crippen molar-refractivity contribution in [2.24, 2.45) is 0 Å². The zero-order valence-corrected chi connectivity index (χ0v) is 14.9. The van der Waals surface area contributed by atoms with E-state index < -0.39 is 40.9 Å². The van der Waals surface area contributed by atoms with E-state index >= 15 is 0 Å². The van der Waals surface area contributed by atoms with Crippen molar-refractivity contribution >= 4 is 17.8 Å². The Bertz CT molecular complexity index is 709. The first-order valence-electron chi connectivity index (χ1n) is 7.65. The molecule has 2 unspecified atom stereocenters. The van der Waals surface area contributed by atoms with Crippen LogP contribution in [-0.4, -0.2) is 39.6 Å². The molecule has 1 aromatic carbocycles. The molecule has 27 heavy (non-hydrogen) atoms. The van der Waals surface area contributed by atoms with Crippen LogP contribution in [0, 0.1) is 11.3 Å². The minimum absolute atomic E-state index is 0.166. The van der Waals surface area contributed by atoms with Crippen molar-refractivity contribution in [3.63, 3.8) is 0 Å². The molecular formula is C17H17F6NO2S. The van der Waals surface area contributed by atoms with Crippen LogP contribution in [0.1, 0.15) is 30.0 Å². The molecule has 0 aliphatic carbocycles. The summed E-state index contributed by atoms with van der Waals surface area (Å²) in [6.07, 6.45) is -9.23. The lowest BCUT2D eigenvalue weighted by Gasteiger charge is -2.27. The van der Waals surface area contributed by atoms with E-state index in [2.05, 4.69) is 0 Å². The van der Waals surface area contributed by atoms with Gasteiger partial charge in [-0.2, -0.15) is 43.4 Å². The summed E-state index contributed by atoms with van der Waals surface area (Å²) in [4.78, 5) is 0. The van der Waals surface area contributed by atoms with Gasteiger partial charge in [-0.25, -0.2) is 0 Å². The predicted octanol–water partition coefficient (Wildman–Crippen LogP) is 4.39. The lowest BCUT2D eigenvalue weighted by Crippen LogP contribution is -2.45. The van der Waals surface area contributed by atoms with Gasteiger partial charge in [0.05, 0.1) is 23.3 Å². The maximum absolute atomic E-state index is 13.2.